The Kier molecular flexibility index (Phi) is 8.73. The minimum Gasteiger partial charge on any atom is -0.490 e. The van der Waals surface area contributed by atoms with Crippen LogP contribution in [0, 0.1) is 3.57 Å². The van der Waals surface area contributed by atoms with E-state index in [1.54, 1.807) is 42.5 Å². The first kappa shape index (κ1) is 24.6. The van der Waals surface area contributed by atoms with Crippen molar-refractivity contribution in [3.8, 4) is 11.5 Å². The molecule has 0 saturated heterocycles. The van der Waals surface area contributed by atoms with Crippen molar-refractivity contribution in [2.75, 3.05) is 6.61 Å². The molecule has 0 spiro atoms. The van der Waals surface area contributed by atoms with Crippen LogP contribution in [0.3, 0.4) is 0 Å². The van der Waals surface area contributed by atoms with Gasteiger partial charge in [0.15, 0.2) is 11.5 Å². The average Bonchev–Trinajstić information content (AvgIpc) is 2.79. The topological polar surface area (TPSA) is 84.9 Å². The van der Waals surface area contributed by atoms with Crippen LogP contribution in [0.1, 0.15) is 28.4 Å². The van der Waals surface area contributed by atoms with Gasteiger partial charge in [-0.25, -0.2) is 4.79 Å². The number of ether oxygens (including phenoxy) is 2. The van der Waals surface area contributed by atoms with E-state index >= 15 is 0 Å². The summed E-state index contributed by atoms with van der Waals surface area (Å²) in [4.78, 5) is 24.1. The monoisotopic (exact) mass is 577 g/mol. The molecule has 3 aromatic carbocycles. The third-order valence-corrected chi connectivity index (χ3v) is 5.38. The van der Waals surface area contributed by atoms with Crippen LogP contribution in [-0.2, 0) is 11.4 Å². The van der Waals surface area contributed by atoms with Crippen molar-refractivity contribution >= 4 is 52.1 Å². The lowest BCUT2D eigenvalue weighted by Crippen LogP contribution is -2.27. The molecule has 0 bridgehead atoms. The highest BCUT2D eigenvalue weighted by Gasteiger charge is 2.16. The maximum Gasteiger partial charge on any atom is 0.352 e. The summed E-state index contributed by atoms with van der Waals surface area (Å²) < 4.78 is 12.7. The third-order valence-electron chi connectivity index (χ3n) is 4.43. The summed E-state index contributed by atoms with van der Waals surface area (Å²) in [5, 5.41) is 12.3. The predicted octanol–water partition coefficient (Wildman–Crippen LogP) is 5.78. The lowest BCUT2D eigenvalue weighted by Gasteiger charge is -2.15. The standard InChI is InChI=1S/C25H21ClINO5/c1-2-32-22-14-17(12-20(26)23(22)33-15-16-7-6-10-19(27)11-16)13-21(25(30)31)28-24(29)18-8-4-3-5-9-18/h3-14H,2,15H2,1H3,(H,28,29)(H,30,31)/b21-13+. The second-order valence-corrected chi connectivity index (χ2v) is 8.52. The van der Waals surface area contributed by atoms with Crippen LogP contribution in [0.4, 0.5) is 0 Å². The molecule has 1 amide bonds. The summed E-state index contributed by atoms with van der Waals surface area (Å²) in [5.41, 5.74) is 1.46. The molecule has 6 nitrogen and oxygen atoms in total. The van der Waals surface area contributed by atoms with E-state index in [9.17, 15) is 14.7 Å². The van der Waals surface area contributed by atoms with Crippen LogP contribution < -0.4 is 14.8 Å². The number of benzene rings is 3. The number of carbonyl (C=O) groups excluding carboxylic acids is 1. The number of amides is 1. The fraction of sp³-hybridized carbons (Fsp3) is 0.120. The number of halogens is 2. The first-order valence-corrected chi connectivity index (χ1v) is 11.5. The Morgan fingerprint density at radius 1 is 1.06 bits per heavy atom. The normalized spacial score (nSPS) is 11.1. The Balaban J connectivity index is 1.87. The zero-order valence-electron chi connectivity index (χ0n) is 17.7. The average molecular weight is 578 g/mol. The second kappa shape index (κ2) is 11.7. The number of hydrogen-bond donors (Lipinski definition) is 2. The van der Waals surface area contributed by atoms with Gasteiger partial charge in [-0.15, -0.1) is 0 Å². The van der Waals surface area contributed by atoms with E-state index in [-0.39, 0.29) is 10.7 Å². The van der Waals surface area contributed by atoms with Crippen LogP contribution in [-0.4, -0.2) is 23.6 Å². The molecule has 3 aromatic rings. The van der Waals surface area contributed by atoms with Crippen molar-refractivity contribution in [2.24, 2.45) is 0 Å². The molecule has 2 N–H and O–H groups in total. The van der Waals surface area contributed by atoms with Gasteiger partial charge in [0.2, 0.25) is 0 Å². The molecule has 0 aliphatic carbocycles. The SMILES string of the molecule is CCOc1cc(/C=C(/NC(=O)c2ccccc2)C(=O)O)cc(Cl)c1OCc1cccc(I)c1. The molecule has 0 radical (unpaired) electrons. The first-order chi connectivity index (χ1) is 15.9. The Morgan fingerprint density at radius 3 is 2.48 bits per heavy atom. The maximum absolute atomic E-state index is 12.4. The predicted molar refractivity (Wildman–Crippen MR) is 136 cm³/mol. The Bertz CT molecular complexity index is 1180. The van der Waals surface area contributed by atoms with Gasteiger partial charge in [0.25, 0.3) is 5.91 Å². The second-order valence-electron chi connectivity index (χ2n) is 6.86. The zero-order chi connectivity index (χ0) is 23.8. The Labute approximate surface area is 210 Å². The molecule has 0 fully saturated rings. The van der Waals surface area contributed by atoms with Crippen molar-refractivity contribution in [1.29, 1.82) is 0 Å². The zero-order valence-corrected chi connectivity index (χ0v) is 20.6. The van der Waals surface area contributed by atoms with E-state index in [1.807, 2.05) is 31.2 Å². The molecule has 170 valence electrons. The minimum absolute atomic E-state index is 0.261. The number of rotatable bonds is 9. The summed E-state index contributed by atoms with van der Waals surface area (Å²) in [6.07, 6.45) is 1.32. The van der Waals surface area contributed by atoms with E-state index < -0.39 is 11.9 Å². The smallest absolute Gasteiger partial charge is 0.352 e. The van der Waals surface area contributed by atoms with Crippen LogP contribution in [0.2, 0.25) is 5.02 Å². The molecular weight excluding hydrogens is 557 g/mol. The van der Waals surface area contributed by atoms with Gasteiger partial charge in [0, 0.05) is 9.13 Å². The van der Waals surface area contributed by atoms with Gasteiger partial charge in [-0.1, -0.05) is 41.9 Å². The first-order valence-electron chi connectivity index (χ1n) is 10.0. The fourth-order valence-electron chi connectivity index (χ4n) is 2.96. The third kappa shape index (κ3) is 6.97. The summed E-state index contributed by atoms with van der Waals surface area (Å²) >= 11 is 8.69. The van der Waals surface area contributed by atoms with E-state index in [4.69, 9.17) is 21.1 Å². The quantitative estimate of drug-likeness (QED) is 0.249. The highest BCUT2D eigenvalue weighted by atomic mass is 127. The van der Waals surface area contributed by atoms with Gasteiger partial charge < -0.3 is 19.9 Å². The van der Waals surface area contributed by atoms with Gasteiger partial charge in [-0.2, -0.15) is 0 Å². The highest BCUT2D eigenvalue weighted by molar-refractivity contribution is 14.1. The number of carboxylic acids is 1. The highest BCUT2D eigenvalue weighted by Crippen LogP contribution is 2.38. The van der Waals surface area contributed by atoms with E-state index in [2.05, 4.69) is 27.9 Å². The molecular formula is C25H21ClINO5. The molecule has 0 atom stereocenters. The van der Waals surface area contributed by atoms with Gasteiger partial charge in [0.1, 0.15) is 12.3 Å². The molecule has 33 heavy (non-hydrogen) atoms. The van der Waals surface area contributed by atoms with E-state index in [0.29, 0.717) is 35.8 Å². The van der Waals surface area contributed by atoms with Crippen molar-refractivity contribution in [2.45, 2.75) is 13.5 Å². The van der Waals surface area contributed by atoms with E-state index in [0.717, 1.165) is 9.13 Å². The summed E-state index contributed by atoms with van der Waals surface area (Å²) in [5.74, 6) is -1.08. The summed E-state index contributed by atoms with van der Waals surface area (Å²) in [6, 6.07) is 19.4. The Hall–Kier alpha value is -3.04. The van der Waals surface area contributed by atoms with E-state index in [1.165, 1.54) is 6.08 Å². The molecule has 0 heterocycles. The van der Waals surface area contributed by atoms with Crippen molar-refractivity contribution in [3.63, 3.8) is 0 Å². The van der Waals surface area contributed by atoms with Crippen LogP contribution in [0.15, 0.2) is 72.4 Å². The summed E-state index contributed by atoms with van der Waals surface area (Å²) in [6.45, 7) is 2.47. The minimum atomic E-state index is -1.28. The van der Waals surface area contributed by atoms with Crippen molar-refractivity contribution < 1.29 is 24.2 Å². The molecule has 8 heteroatoms. The number of hydrogen-bond acceptors (Lipinski definition) is 4. The van der Waals surface area contributed by atoms with Gasteiger partial charge in [-0.05, 0) is 83.1 Å². The van der Waals surface area contributed by atoms with Crippen LogP contribution in [0.25, 0.3) is 6.08 Å². The van der Waals surface area contributed by atoms with Crippen LogP contribution >= 0.6 is 34.2 Å². The number of carbonyl (C=O) groups is 2. The number of nitrogens with one attached hydrogen (secondary N) is 1. The fourth-order valence-corrected chi connectivity index (χ4v) is 3.84. The maximum atomic E-state index is 12.4. The van der Waals surface area contributed by atoms with Gasteiger partial charge in [0.05, 0.1) is 11.6 Å². The lowest BCUT2D eigenvalue weighted by atomic mass is 10.1. The number of carboxylic acid groups (broad SMARTS) is 1. The van der Waals surface area contributed by atoms with Gasteiger partial charge in [-0.3, -0.25) is 4.79 Å². The molecule has 0 unspecified atom stereocenters. The van der Waals surface area contributed by atoms with Crippen molar-refractivity contribution in [1.82, 2.24) is 5.32 Å². The molecule has 3 rings (SSSR count). The van der Waals surface area contributed by atoms with Crippen molar-refractivity contribution in [3.05, 3.63) is 97.7 Å². The van der Waals surface area contributed by atoms with Gasteiger partial charge >= 0.3 is 5.97 Å². The molecule has 0 aliphatic rings. The number of aliphatic carboxylic acids is 1. The molecule has 0 saturated carbocycles. The molecule has 0 aliphatic heterocycles. The van der Waals surface area contributed by atoms with Crippen LogP contribution in [0.5, 0.6) is 11.5 Å². The summed E-state index contributed by atoms with van der Waals surface area (Å²) in [7, 11) is 0. The Morgan fingerprint density at radius 2 is 1.82 bits per heavy atom. The largest absolute Gasteiger partial charge is 0.490 e. The lowest BCUT2D eigenvalue weighted by molar-refractivity contribution is -0.132. The molecule has 0 aromatic heterocycles.